The van der Waals surface area contributed by atoms with Crippen LogP contribution in [0, 0.1) is 11.8 Å². The maximum Gasteiger partial charge on any atom is 0.322 e. The summed E-state index contributed by atoms with van der Waals surface area (Å²) in [4.78, 5) is 50.4. The number of amides is 3. The second-order valence-electron chi connectivity index (χ2n) is 7.87. The lowest BCUT2D eigenvalue weighted by Crippen LogP contribution is -2.58. The monoisotopic (exact) mass is 411 g/mol. The van der Waals surface area contributed by atoms with E-state index in [1.54, 1.807) is 4.90 Å². The third-order valence-electron chi connectivity index (χ3n) is 5.69. The number of hydrogen-bond donors (Lipinski definition) is 4. The highest BCUT2D eigenvalue weighted by atomic mass is 16.4. The van der Waals surface area contributed by atoms with Crippen LogP contribution in [0.2, 0.25) is 0 Å². The molecule has 0 bridgehead atoms. The van der Waals surface area contributed by atoms with Crippen molar-refractivity contribution < 1.29 is 24.3 Å². The van der Waals surface area contributed by atoms with Gasteiger partial charge in [0.1, 0.15) is 6.04 Å². The summed E-state index contributed by atoms with van der Waals surface area (Å²) in [6.45, 7) is 3.73. The van der Waals surface area contributed by atoms with Crippen molar-refractivity contribution >= 4 is 23.7 Å². The van der Waals surface area contributed by atoms with Gasteiger partial charge in [0.2, 0.25) is 11.8 Å². The van der Waals surface area contributed by atoms with Gasteiger partial charge in [0.25, 0.3) is 5.91 Å². The zero-order valence-corrected chi connectivity index (χ0v) is 17.1. The molecular formula is C19H33N5O5. The average molecular weight is 412 g/mol. The second-order valence-corrected chi connectivity index (χ2v) is 7.87. The summed E-state index contributed by atoms with van der Waals surface area (Å²) in [5, 5.41) is 13.1. The molecule has 2 atom stereocenters. The maximum absolute atomic E-state index is 12.9. The van der Waals surface area contributed by atoms with E-state index in [0.29, 0.717) is 36.7 Å². The van der Waals surface area contributed by atoms with Gasteiger partial charge in [-0.25, -0.2) is 10.4 Å². The number of rotatable bonds is 8. The van der Waals surface area contributed by atoms with Crippen LogP contribution in [0.15, 0.2) is 0 Å². The van der Waals surface area contributed by atoms with Crippen molar-refractivity contribution in [2.75, 3.05) is 32.7 Å². The normalized spacial score (nSPS) is 21.4. The molecule has 2 heterocycles. The lowest BCUT2D eigenvalue weighted by molar-refractivity contribution is -0.155. The van der Waals surface area contributed by atoms with Gasteiger partial charge in [0.05, 0.1) is 12.5 Å². The van der Waals surface area contributed by atoms with Crippen LogP contribution < -0.4 is 16.5 Å². The highest BCUT2D eigenvalue weighted by molar-refractivity contribution is 5.97. The first kappa shape index (κ1) is 23.2. The van der Waals surface area contributed by atoms with Gasteiger partial charge < -0.3 is 21.1 Å². The van der Waals surface area contributed by atoms with Gasteiger partial charge in [-0.3, -0.25) is 19.2 Å². The Hall–Kier alpha value is -2.04. The summed E-state index contributed by atoms with van der Waals surface area (Å²) in [6.07, 6.45) is 4.68. The summed E-state index contributed by atoms with van der Waals surface area (Å²) < 4.78 is 0. The molecule has 0 radical (unpaired) electrons. The topological polar surface area (TPSA) is 145 Å². The largest absolute Gasteiger partial charge is 0.480 e. The Morgan fingerprint density at radius 3 is 2.55 bits per heavy atom. The molecule has 3 amide bonds. The highest BCUT2D eigenvalue weighted by Gasteiger charge is 2.34. The number of carboxylic acids is 1. The fraction of sp³-hybridized carbons (Fsp3) is 0.789. The third kappa shape index (κ3) is 6.76. The van der Waals surface area contributed by atoms with E-state index in [9.17, 15) is 19.2 Å². The molecule has 0 unspecified atom stereocenters. The fourth-order valence-corrected chi connectivity index (χ4v) is 3.84. The smallest absolute Gasteiger partial charge is 0.322 e. The Bertz CT molecular complexity index is 608. The molecule has 0 aromatic heterocycles. The Morgan fingerprint density at radius 2 is 1.93 bits per heavy atom. The number of likely N-dealkylation sites (tertiary alicyclic amines) is 1. The van der Waals surface area contributed by atoms with Gasteiger partial charge in [-0.1, -0.05) is 0 Å². The zero-order chi connectivity index (χ0) is 21.4. The first-order valence-corrected chi connectivity index (χ1v) is 10.4. The van der Waals surface area contributed by atoms with Crippen LogP contribution in [0.5, 0.6) is 0 Å². The lowest BCUT2D eigenvalue weighted by Gasteiger charge is -2.35. The first-order chi connectivity index (χ1) is 13.8. The standard InChI is InChI=1S/C19H33N5O5/c1-13(19(28)29)22-24(17(26)11-20)18(27)15-3-2-10-23(12-15)16(25)5-4-14-6-8-21-9-7-14/h13-15,21-22H,2-12,20H2,1H3,(H,28,29)/t13-,15+/m0/s1. The van der Waals surface area contributed by atoms with Crippen LogP contribution in [-0.4, -0.2) is 77.5 Å². The molecule has 0 aromatic rings. The first-order valence-electron chi connectivity index (χ1n) is 10.4. The molecule has 5 N–H and O–H groups in total. The van der Waals surface area contributed by atoms with Crippen molar-refractivity contribution in [2.24, 2.45) is 17.6 Å². The van der Waals surface area contributed by atoms with Crippen molar-refractivity contribution in [3.05, 3.63) is 0 Å². The van der Waals surface area contributed by atoms with E-state index in [1.807, 2.05) is 0 Å². The van der Waals surface area contributed by atoms with Gasteiger partial charge in [-0.15, -0.1) is 0 Å². The average Bonchev–Trinajstić information content (AvgIpc) is 2.75. The van der Waals surface area contributed by atoms with E-state index in [0.717, 1.165) is 32.4 Å². The van der Waals surface area contributed by atoms with Crippen molar-refractivity contribution in [1.29, 1.82) is 0 Å². The van der Waals surface area contributed by atoms with Crippen LogP contribution in [0.3, 0.4) is 0 Å². The molecule has 0 saturated carbocycles. The van der Waals surface area contributed by atoms with Crippen LogP contribution in [0.1, 0.15) is 45.4 Å². The van der Waals surface area contributed by atoms with Crippen molar-refractivity contribution in [3.8, 4) is 0 Å². The number of hydrazine groups is 1. The molecule has 0 aliphatic carbocycles. The van der Waals surface area contributed by atoms with Crippen LogP contribution in [0.25, 0.3) is 0 Å². The number of piperidine rings is 2. The second kappa shape index (κ2) is 11.2. The van der Waals surface area contributed by atoms with Gasteiger partial charge in [-0.2, -0.15) is 0 Å². The summed E-state index contributed by atoms with van der Waals surface area (Å²) in [6, 6.07) is -1.12. The van der Waals surface area contributed by atoms with Crippen LogP contribution in [0.4, 0.5) is 0 Å². The minimum absolute atomic E-state index is 0.0320. The zero-order valence-electron chi connectivity index (χ0n) is 17.1. The number of carbonyl (C=O) groups is 4. The lowest BCUT2D eigenvalue weighted by atomic mass is 9.92. The molecule has 10 nitrogen and oxygen atoms in total. The van der Waals surface area contributed by atoms with E-state index < -0.39 is 36.3 Å². The molecule has 10 heteroatoms. The van der Waals surface area contributed by atoms with E-state index >= 15 is 0 Å². The number of carbonyl (C=O) groups excluding carboxylic acids is 3. The quantitative estimate of drug-likeness (QED) is 0.384. The van der Waals surface area contributed by atoms with Gasteiger partial charge >= 0.3 is 5.97 Å². The van der Waals surface area contributed by atoms with Crippen LogP contribution >= 0.6 is 0 Å². The SMILES string of the molecule is C[C@H](NN(C(=O)CN)C(=O)[C@@H]1CCCN(C(=O)CCC2CCNCC2)C1)C(=O)O. The van der Waals surface area contributed by atoms with Crippen LogP contribution in [-0.2, 0) is 19.2 Å². The number of nitrogens with one attached hydrogen (secondary N) is 2. The molecule has 29 heavy (non-hydrogen) atoms. The number of nitrogens with two attached hydrogens (primary N) is 1. The molecule has 2 aliphatic rings. The molecule has 2 saturated heterocycles. The molecule has 2 aliphatic heterocycles. The Kier molecular flexibility index (Phi) is 8.99. The predicted octanol–water partition coefficient (Wildman–Crippen LogP) is -0.704. The Labute approximate surface area is 171 Å². The van der Waals surface area contributed by atoms with E-state index in [2.05, 4.69) is 10.7 Å². The van der Waals surface area contributed by atoms with Crippen molar-refractivity contribution in [3.63, 3.8) is 0 Å². The summed E-state index contributed by atoms with van der Waals surface area (Å²) in [7, 11) is 0. The molecular weight excluding hydrogens is 378 g/mol. The fourth-order valence-electron chi connectivity index (χ4n) is 3.84. The van der Waals surface area contributed by atoms with E-state index in [4.69, 9.17) is 10.8 Å². The Morgan fingerprint density at radius 1 is 1.24 bits per heavy atom. The van der Waals surface area contributed by atoms with E-state index in [1.165, 1.54) is 6.92 Å². The summed E-state index contributed by atoms with van der Waals surface area (Å²) >= 11 is 0. The van der Waals surface area contributed by atoms with E-state index in [-0.39, 0.29) is 12.5 Å². The molecule has 0 spiro atoms. The molecule has 2 rings (SSSR count). The van der Waals surface area contributed by atoms with Crippen molar-refractivity contribution in [1.82, 2.24) is 20.7 Å². The number of carboxylic acid groups (broad SMARTS) is 1. The van der Waals surface area contributed by atoms with Gasteiger partial charge in [-0.05, 0) is 58.0 Å². The predicted molar refractivity (Wildman–Crippen MR) is 105 cm³/mol. The summed E-state index contributed by atoms with van der Waals surface area (Å²) in [5.74, 6) is -2.39. The molecule has 2 fully saturated rings. The number of aliphatic carboxylic acids is 1. The number of hydrogen-bond acceptors (Lipinski definition) is 7. The van der Waals surface area contributed by atoms with Gasteiger partial charge in [0.15, 0.2) is 0 Å². The number of nitrogens with zero attached hydrogens (tertiary/aromatic N) is 2. The number of imide groups is 1. The third-order valence-corrected chi connectivity index (χ3v) is 5.69. The summed E-state index contributed by atoms with van der Waals surface area (Å²) in [5.41, 5.74) is 7.80. The van der Waals surface area contributed by atoms with Crippen molar-refractivity contribution in [2.45, 2.75) is 51.5 Å². The molecule has 0 aromatic carbocycles. The molecule has 164 valence electrons. The minimum Gasteiger partial charge on any atom is -0.480 e. The van der Waals surface area contributed by atoms with Gasteiger partial charge in [0, 0.05) is 19.5 Å². The highest BCUT2D eigenvalue weighted by Crippen LogP contribution is 2.22. The Balaban J connectivity index is 1.93. The maximum atomic E-state index is 12.9. The minimum atomic E-state index is -1.19.